The van der Waals surface area contributed by atoms with Gasteiger partial charge in [-0.25, -0.2) is 9.97 Å². The van der Waals surface area contributed by atoms with Crippen molar-refractivity contribution in [3.05, 3.63) is 23.5 Å². The van der Waals surface area contributed by atoms with E-state index < -0.39 is 0 Å². The predicted molar refractivity (Wildman–Crippen MR) is 68.8 cm³/mol. The summed E-state index contributed by atoms with van der Waals surface area (Å²) in [5, 5.41) is 3.28. The normalized spacial score (nSPS) is 15.4. The number of alkyl halides is 1. The van der Waals surface area contributed by atoms with Gasteiger partial charge in [0.2, 0.25) is 0 Å². The lowest BCUT2D eigenvalue weighted by atomic mass is 10.00. The molecule has 2 atom stereocenters. The van der Waals surface area contributed by atoms with Crippen LogP contribution < -0.4 is 0 Å². The van der Waals surface area contributed by atoms with E-state index in [2.05, 4.69) is 51.2 Å². The molecule has 80 valence electrons. The summed E-state index contributed by atoms with van der Waals surface area (Å²) in [4.78, 5) is 10.2. The van der Waals surface area contributed by atoms with Gasteiger partial charge in [0.15, 0.2) is 0 Å². The maximum Gasteiger partial charge on any atom is 0.126 e. The van der Waals surface area contributed by atoms with Crippen molar-refractivity contribution >= 4 is 37.5 Å². The van der Waals surface area contributed by atoms with E-state index in [0.717, 1.165) is 16.9 Å². The molecular formula is C11H13BrN2S. The van der Waals surface area contributed by atoms with Gasteiger partial charge in [0.25, 0.3) is 0 Å². The Morgan fingerprint density at radius 2 is 2.27 bits per heavy atom. The number of fused-ring (bicyclic) bond motifs is 1. The first-order chi connectivity index (χ1) is 7.24. The number of aromatic nitrogens is 2. The van der Waals surface area contributed by atoms with E-state index in [1.165, 1.54) is 5.39 Å². The first kappa shape index (κ1) is 11.0. The molecule has 0 saturated carbocycles. The summed E-state index contributed by atoms with van der Waals surface area (Å²) < 4.78 is 0. The summed E-state index contributed by atoms with van der Waals surface area (Å²) >= 11 is 5.37. The molecule has 0 aliphatic carbocycles. The third-order valence-corrected chi connectivity index (χ3v) is 4.92. The topological polar surface area (TPSA) is 25.8 Å². The van der Waals surface area contributed by atoms with Crippen molar-refractivity contribution < 1.29 is 0 Å². The third-order valence-electron chi connectivity index (χ3n) is 2.66. The van der Waals surface area contributed by atoms with Gasteiger partial charge in [0, 0.05) is 16.1 Å². The summed E-state index contributed by atoms with van der Waals surface area (Å²) in [5.74, 6) is 0.426. The van der Waals surface area contributed by atoms with Crippen molar-refractivity contribution in [3.63, 3.8) is 0 Å². The van der Waals surface area contributed by atoms with Gasteiger partial charge in [-0.2, -0.15) is 0 Å². The fraction of sp³-hybridized carbons (Fsp3) is 0.455. The van der Waals surface area contributed by atoms with Crippen molar-refractivity contribution in [1.29, 1.82) is 0 Å². The first-order valence-electron chi connectivity index (χ1n) is 5.06. The summed E-state index contributed by atoms with van der Waals surface area (Å²) in [6, 6.07) is 2.11. The van der Waals surface area contributed by atoms with Crippen LogP contribution in [0.25, 0.3) is 10.2 Å². The fourth-order valence-electron chi connectivity index (χ4n) is 1.70. The highest BCUT2D eigenvalue weighted by Crippen LogP contribution is 2.31. The van der Waals surface area contributed by atoms with E-state index in [1.54, 1.807) is 17.7 Å². The van der Waals surface area contributed by atoms with Crippen LogP contribution in [0.4, 0.5) is 0 Å². The lowest BCUT2D eigenvalue weighted by Gasteiger charge is -2.16. The number of rotatable bonds is 3. The Labute approximate surface area is 102 Å². The molecule has 0 spiro atoms. The smallest absolute Gasteiger partial charge is 0.126 e. The number of halogens is 1. The SMILES string of the molecule is CCC(Br)C(C)c1ncnc2sccc12. The van der Waals surface area contributed by atoms with E-state index in [0.29, 0.717) is 10.7 Å². The van der Waals surface area contributed by atoms with Crippen molar-refractivity contribution in [2.75, 3.05) is 0 Å². The van der Waals surface area contributed by atoms with E-state index in [4.69, 9.17) is 0 Å². The molecule has 2 nitrogen and oxygen atoms in total. The van der Waals surface area contributed by atoms with Gasteiger partial charge in [-0.3, -0.25) is 0 Å². The molecule has 2 aromatic rings. The van der Waals surface area contributed by atoms with Crippen molar-refractivity contribution in [2.45, 2.75) is 31.0 Å². The molecular weight excluding hydrogens is 272 g/mol. The maximum absolute atomic E-state index is 4.41. The van der Waals surface area contributed by atoms with Crippen LogP contribution in [0.5, 0.6) is 0 Å². The number of hydrogen-bond acceptors (Lipinski definition) is 3. The van der Waals surface area contributed by atoms with E-state index in [-0.39, 0.29) is 0 Å². The second kappa shape index (κ2) is 4.58. The van der Waals surface area contributed by atoms with Crippen LogP contribution >= 0.6 is 27.3 Å². The van der Waals surface area contributed by atoms with E-state index in [9.17, 15) is 0 Å². The molecule has 0 aliphatic rings. The summed E-state index contributed by atoms with van der Waals surface area (Å²) in [6.45, 7) is 4.39. The fourth-order valence-corrected chi connectivity index (χ4v) is 2.69. The average Bonchev–Trinajstić information content (AvgIpc) is 2.74. The minimum atomic E-state index is 0.426. The lowest BCUT2D eigenvalue weighted by Crippen LogP contribution is -2.09. The lowest BCUT2D eigenvalue weighted by molar-refractivity contribution is 0.679. The van der Waals surface area contributed by atoms with Crippen molar-refractivity contribution in [2.24, 2.45) is 0 Å². The highest BCUT2D eigenvalue weighted by atomic mass is 79.9. The zero-order valence-corrected chi connectivity index (χ0v) is 11.2. The first-order valence-corrected chi connectivity index (χ1v) is 6.85. The van der Waals surface area contributed by atoms with E-state index in [1.807, 2.05) is 0 Å². The minimum absolute atomic E-state index is 0.426. The van der Waals surface area contributed by atoms with Crippen LogP contribution in [0.15, 0.2) is 17.8 Å². The van der Waals surface area contributed by atoms with Gasteiger partial charge in [0.05, 0.1) is 5.69 Å². The molecule has 0 saturated heterocycles. The molecule has 2 heterocycles. The Kier molecular flexibility index (Phi) is 3.36. The summed E-state index contributed by atoms with van der Waals surface area (Å²) in [6.07, 6.45) is 2.77. The summed E-state index contributed by atoms with van der Waals surface area (Å²) in [7, 11) is 0. The standard InChI is InChI=1S/C11H13BrN2S/c1-3-9(12)7(2)10-8-4-5-15-11(8)14-6-13-10/h4-7,9H,3H2,1-2H3. The van der Waals surface area contributed by atoms with Gasteiger partial charge in [-0.15, -0.1) is 11.3 Å². The number of hydrogen-bond donors (Lipinski definition) is 0. The minimum Gasteiger partial charge on any atom is -0.240 e. The van der Waals surface area contributed by atoms with Gasteiger partial charge in [-0.1, -0.05) is 29.8 Å². The second-order valence-electron chi connectivity index (χ2n) is 3.61. The van der Waals surface area contributed by atoms with Gasteiger partial charge in [-0.05, 0) is 17.9 Å². The number of nitrogens with zero attached hydrogens (tertiary/aromatic N) is 2. The molecule has 0 aromatic carbocycles. The van der Waals surface area contributed by atoms with Crippen molar-refractivity contribution in [1.82, 2.24) is 9.97 Å². The third kappa shape index (κ3) is 2.06. The number of thiophene rings is 1. The molecule has 0 radical (unpaired) electrons. The van der Waals surface area contributed by atoms with Crippen LogP contribution in [0.3, 0.4) is 0 Å². The van der Waals surface area contributed by atoms with Crippen LogP contribution in [-0.4, -0.2) is 14.8 Å². The highest BCUT2D eigenvalue weighted by molar-refractivity contribution is 9.09. The highest BCUT2D eigenvalue weighted by Gasteiger charge is 2.18. The van der Waals surface area contributed by atoms with Crippen LogP contribution in [0.1, 0.15) is 31.9 Å². The van der Waals surface area contributed by atoms with Gasteiger partial charge in [0.1, 0.15) is 11.2 Å². The van der Waals surface area contributed by atoms with Crippen molar-refractivity contribution in [3.8, 4) is 0 Å². The molecule has 2 aromatic heterocycles. The molecule has 0 amide bonds. The Bertz CT molecular complexity index is 455. The Morgan fingerprint density at radius 3 is 3.00 bits per heavy atom. The average molecular weight is 285 g/mol. The molecule has 0 bridgehead atoms. The Balaban J connectivity index is 2.46. The molecule has 0 N–H and O–H groups in total. The maximum atomic E-state index is 4.41. The Morgan fingerprint density at radius 1 is 1.47 bits per heavy atom. The van der Waals surface area contributed by atoms with Gasteiger partial charge < -0.3 is 0 Å². The molecule has 2 rings (SSSR count). The monoisotopic (exact) mass is 284 g/mol. The Hall–Kier alpha value is -0.480. The zero-order chi connectivity index (χ0) is 10.8. The quantitative estimate of drug-likeness (QED) is 0.797. The second-order valence-corrected chi connectivity index (χ2v) is 5.68. The largest absolute Gasteiger partial charge is 0.240 e. The van der Waals surface area contributed by atoms with Crippen LogP contribution in [0.2, 0.25) is 0 Å². The van der Waals surface area contributed by atoms with Gasteiger partial charge >= 0.3 is 0 Å². The molecule has 4 heteroatoms. The summed E-state index contributed by atoms with van der Waals surface area (Å²) in [5.41, 5.74) is 1.16. The predicted octanol–water partition coefficient (Wildman–Crippen LogP) is 3.97. The van der Waals surface area contributed by atoms with Crippen LogP contribution in [0, 0.1) is 0 Å². The molecule has 0 aliphatic heterocycles. The molecule has 2 unspecified atom stereocenters. The molecule has 0 fully saturated rings. The zero-order valence-electron chi connectivity index (χ0n) is 8.77. The molecule has 15 heavy (non-hydrogen) atoms. The van der Waals surface area contributed by atoms with Crippen LogP contribution in [-0.2, 0) is 0 Å². The van der Waals surface area contributed by atoms with E-state index >= 15 is 0 Å².